The molecule has 2 fully saturated rings. The summed E-state index contributed by atoms with van der Waals surface area (Å²) < 4.78 is 0. The molecule has 7 nitrogen and oxygen atoms in total. The van der Waals surface area contributed by atoms with Gasteiger partial charge in [-0.25, -0.2) is 0 Å². The molecular formula is C14H16ClN3O4S. The average Bonchev–Trinajstić information content (AvgIpc) is 3.09. The third-order valence-corrected chi connectivity index (χ3v) is 5.43. The summed E-state index contributed by atoms with van der Waals surface area (Å²) in [6.07, 6.45) is -0.621. The van der Waals surface area contributed by atoms with Crippen molar-refractivity contribution in [3.8, 4) is 0 Å². The smallest absolute Gasteiger partial charge is 0.263 e. The Morgan fingerprint density at radius 2 is 2.30 bits per heavy atom. The van der Waals surface area contributed by atoms with Crippen molar-refractivity contribution in [2.24, 2.45) is 0 Å². The number of aliphatic hydroxyl groups is 1. The molecule has 1 aromatic heterocycles. The van der Waals surface area contributed by atoms with Crippen molar-refractivity contribution < 1.29 is 19.5 Å². The maximum atomic E-state index is 12.3. The summed E-state index contributed by atoms with van der Waals surface area (Å²) in [6.45, 7) is 1.70. The van der Waals surface area contributed by atoms with Gasteiger partial charge in [-0.15, -0.1) is 11.3 Å². The summed E-state index contributed by atoms with van der Waals surface area (Å²) in [6, 6.07) is -0.224. The Labute approximate surface area is 141 Å². The standard InChI is InChI=1S/C14H16ClN3O4S/c1-6(19)10-14(22)18-5-7(4-9(18)12(20)17-10)16-13(21)11-8(15)2-3-23-11/h2-3,6-7,9-10,19H,4-5H2,1H3,(H,16,21)(H,17,20)/t6-,7-,9-,10+/m0/s1. The average molecular weight is 358 g/mol. The lowest BCUT2D eigenvalue weighted by molar-refractivity contribution is -0.149. The van der Waals surface area contributed by atoms with Crippen LogP contribution in [0.1, 0.15) is 23.0 Å². The van der Waals surface area contributed by atoms with Gasteiger partial charge in [0.1, 0.15) is 17.0 Å². The molecule has 3 heterocycles. The molecule has 2 saturated heterocycles. The number of nitrogens with zero attached hydrogens (tertiary/aromatic N) is 1. The largest absolute Gasteiger partial charge is 0.391 e. The van der Waals surface area contributed by atoms with E-state index in [1.165, 1.54) is 23.2 Å². The van der Waals surface area contributed by atoms with Gasteiger partial charge in [-0.1, -0.05) is 11.6 Å². The molecule has 0 saturated carbocycles. The highest BCUT2D eigenvalue weighted by atomic mass is 35.5. The number of halogens is 1. The summed E-state index contributed by atoms with van der Waals surface area (Å²) in [5, 5.41) is 17.1. The number of piperazine rings is 1. The van der Waals surface area contributed by atoms with Gasteiger partial charge in [-0.3, -0.25) is 14.4 Å². The fourth-order valence-electron chi connectivity index (χ4n) is 2.96. The molecule has 0 aliphatic carbocycles. The number of amides is 3. The topological polar surface area (TPSA) is 98.7 Å². The third kappa shape index (κ3) is 2.93. The third-order valence-electron chi connectivity index (χ3n) is 4.09. The van der Waals surface area contributed by atoms with E-state index < -0.39 is 18.2 Å². The van der Waals surface area contributed by atoms with Crippen molar-refractivity contribution in [1.82, 2.24) is 15.5 Å². The first-order chi connectivity index (χ1) is 10.9. The molecule has 0 aromatic carbocycles. The van der Waals surface area contributed by atoms with Crippen molar-refractivity contribution in [1.29, 1.82) is 0 Å². The molecule has 2 aliphatic rings. The summed E-state index contributed by atoms with van der Waals surface area (Å²) in [5.74, 6) is -0.938. The Bertz CT molecular complexity index is 662. The van der Waals surface area contributed by atoms with Crippen LogP contribution in [-0.2, 0) is 9.59 Å². The first-order valence-corrected chi connectivity index (χ1v) is 8.47. The van der Waals surface area contributed by atoms with Crippen LogP contribution in [0.4, 0.5) is 0 Å². The monoisotopic (exact) mass is 357 g/mol. The van der Waals surface area contributed by atoms with Crippen molar-refractivity contribution in [2.75, 3.05) is 6.54 Å². The maximum absolute atomic E-state index is 12.3. The van der Waals surface area contributed by atoms with Crippen molar-refractivity contribution in [3.05, 3.63) is 21.3 Å². The number of carbonyl (C=O) groups is 3. The quantitative estimate of drug-likeness (QED) is 0.708. The fourth-order valence-corrected chi connectivity index (χ4v) is 4.00. The van der Waals surface area contributed by atoms with Gasteiger partial charge in [-0.2, -0.15) is 0 Å². The molecule has 3 rings (SSSR count). The molecule has 0 bridgehead atoms. The molecule has 4 atom stereocenters. The molecule has 2 aliphatic heterocycles. The highest BCUT2D eigenvalue weighted by Gasteiger charge is 2.47. The molecule has 3 amide bonds. The van der Waals surface area contributed by atoms with Crippen LogP contribution in [0, 0.1) is 0 Å². The van der Waals surface area contributed by atoms with E-state index in [4.69, 9.17) is 11.6 Å². The Morgan fingerprint density at radius 3 is 2.91 bits per heavy atom. The first kappa shape index (κ1) is 16.2. The lowest BCUT2D eigenvalue weighted by Crippen LogP contribution is -2.64. The fraction of sp³-hybridized carbons (Fsp3) is 0.500. The summed E-state index contributed by atoms with van der Waals surface area (Å²) in [7, 11) is 0. The van der Waals surface area contributed by atoms with Crippen LogP contribution in [0.3, 0.4) is 0 Å². The van der Waals surface area contributed by atoms with Crippen LogP contribution >= 0.6 is 22.9 Å². The van der Waals surface area contributed by atoms with Gasteiger partial charge in [0.25, 0.3) is 5.91 Å². The highest BCUT2D eigenvalue weighted by molar-refractivity contribution is 7.12. The van der Waals surface area contributed by atoms with E-state index >= 15 is 0 Å². The van der Waals surface area contributed by atoms with Gasteiger partial charge >= 0.3 is 0 Å². The van der Waals surface area contributed by atoms with Crippen LogP contribution in [0.25, 0.3) is 0 Å². The summed E-state index contributed by atoms with van der Waals surface area (Å²) in [4.78, 5) is 38.5. The number of hydrogen-bond donors (Lipinski definition) is 3. The predicted octanol–water partition coefficient (Wildman–Crippen LogP) is -0.0200. The zero-order chi connectivity index (χ0) is 16.7. The normalized spacial score (nSPS) is 28.3. The van der Waals surface area contributed by atoms with E-state index in [9.17, 15) is 19.5 Å². The number of carbonyl (C=O) groups excluding carboxylic acids is 3. The van der Waals surface area contributed by atoms with Crippen molar-refractivity contribution in [2.45, 2.75) is 37.6 Å². The number of nitrogens with one attached hydrogen (secondary N) is 2. The van der Waals surface area contributed by atoms with Gasteiger partial charge in [-0.05, 0) is 24.8 Å². The van der Waals surface area contributed by atoms with Gasteiger partial charge in [0.15, 0.2) is 0 Å². The molecule has 1 aromatic rings. The second-order valence-corrected chi connectivity index (χ2v) is 7.06. The molecule has 0 radical (unpaired) electrons. The molecule has 3 N–H and O–H groups in total. The second-order valence-electron chi connectivity index (χ2n) is 5.74. The van der Waals surface area contributed by atoms with Crippen LogP contribution in [0.15, 0.2) is 11.4 Å². The lowest BCUT2D eigenvalue weighted by atomic mass is 10.0. The van der Waals surface area contributed by atoms with Gasteiger partial charge in [0.2, 0.25) is 11.8 Å². The Kier molecular flexibility index (Phi) is 4.31. The molecule has 23 heavy (non-hydrogen) atoms. The highest BCUT2D eigenvalue weighted by Crippen LogP contribution is 2.26. The zero-order valence-electron chi connectivity index (χ0n) is 12.3. The van der Waals surface area contributed by atoms with Crippen LogP contribution in [0.2, 0.25) is 5.02 Å². The minimum absolute atomic E-state index is 0.245. The van der Waals surface area contributed by atoms with Crippen LogP contribution < -0.4 is 10.6 Å². The molecule has 9 heteroatoms. The summed E-state index contributed by atoms with van der Waals surface area (Å²) >= 11 is 7.17. The van der Waals surface area contributed by atoms with Gasteiger partial charge in [0.05, 0.1) is 11.1 Å². The number of aliphatic hydroxyl groups excluding tert-OH is 1. The SMILES string of the molecule is C[C@H](O)[C@H]1NC(=O)[C@@H]2C[C@H](NC(=O)c3sccc3Cl)CN2C1=O. The van der Waals surface area contributed by atoms with E-state index in [1.807, 2.05) is 0 Å². The molecular weight excluding hydrogens is 342 g/mol. The number of rotatable bonds is 3. The predicted molar refractivity (Wildman–Crippen MR) is 84.3 cm³/mol. The maximum Gasteiger partial charge on any atom is 0.263 e. The van der Waals surface area contributed by atoms with Gasteiger partial charge in [0, 0.05) is 12.6 Å². The van der Waals surface area contributed by atoms with E-state index in [0.29, 0.717) is 16.3 Å². The van der Waals surface area contributed by atoms with Crippen molar-refractivity contribution in [3.63, 3.8) is 0 Å². The number of hydrogen-bond acceptors (Lipinski definition) is 5. The summed E-state index contributed by atoms with van der Waals surface area (Å²) in [5.41, 5.74) is 0. The van der Waals surface area contributed by atoms with Gasteiger partial charge < -0.3 is 20.6 Å². The van der Waals surface area contributed by atoms with E-state index in [-0.39, 0.29) is 30.3 Å². The number of fused-ring (bicyclic) bond motifs is 1. The Hall–Kier alpha value is -1.64. The Balaban J connectivity index is 1.70. The van der Waals surface area contributed by atoms with Crippen LogP contribution in [0.5, 0.6) is 0 Å². The molecule has 0 spiro atoms. The zero-order valence-corrected chi connectivity index (χ0v) is 13.9. The molecule has 0 unspecified atom stereocenters. The van der Waals surface area contributed by atoms with Crippen LogP contribution in [-0.4, -0.2) is 58.5 Å². The lowest BCUT2D eigenvalue weighted by Gasteiger charge is -2.35. The Morgan fingerprint density at radius 1 is 1.57 bits per heavy atom. The van der Waals surface area contributed by atoms with E-state index in [2.05, 4.69) is 10.6 Å². The van der Waals surface area contributed by atoms with E-state index in [0.717, 1.165) is 0 Å². The number of thiophene rings is 1. The first-order valence-electron chi connectivity index (χ1n) is 7.21. The second kappa shape index (κ2) is 6.10. The van der Waals surface area contributed by atoms with E-state index in [1.54, 1.807) is 11.4 Å². The van der Waals surface area contributed by atoms with Crippen molar-refractivity contribution >= 4 is 40.7 Å². The minimum atomic E-state index is -0.967. The minimum Gasteiger partial charge on any atom is -0.391 e. The molecule has 124 valence electrons.